The maximum Gasteiger partial charge on any atom is 0.232 e. The van der Waals surface area contributed by atoms with Crippen molar-refractivity contribution in [2.24, 2.45) is 34.8 Å². The molecule has 1 aromatic rings. The van der Waals surface area contributed by atoms with Gasteiger partial charge in [-0.15, -0.1) is 0 Å². The Labute approximate surface area is 191 Å². The van der Waals surface area contributed by atoms with Crippen molar-refractivity contribution in [3.05, 3.63) is 0 Å². The van der Waals surface area contributed by atoms with Crippen molar-refractivity contribution in [2.45, 2.75) is 69.1 Å². The van der Waals surface area contributed by atoms with Crippen molar-refractivity contribution in [3.63, 3.8) is 0 Å². The van der Waals surface area contributed by atoms with Crippen LogP contribution in [0.5, 0.6) is 0 Å². The molecule has 4 heterocycles. The van der Waals surface area contributed by atoms with Gasteiger partial charge in [0, 0.05) is 63.4 Å². The van der Waals surface area contributed by atoms with E-state index in [-0.39, 0.29) is 24.2 Å². The molecule has 1 saturated carbocycles. The van der Waals surface area contributed by atoms with Crippen LogP contribution in [0.15, 0.2) is 0 Å². The highest BCUT2D eigenvalue weighted by Gasteiger charge is 2.34. The zero-order valence-electron chi connectivity index (χ0n) is 19.1. The van der Waals surface area contributed by atoms with E-state index in [1.165, 1.54) is 32.1 Å². The van der Waals surface area contributed by atoms with E-state index in [0.29, 0.717) is 38.1 Å². The highest BCUT2D eigenvalue weighted by atomic mass is 15.4. The smallest absolute Gasteiger partial charge is 0.232 e. The lowest BCUT2D eigenvalue weighted by Gasteiger charge is -2.42. The maximum atomic E-state index is 6.28. The van der Waals surface area contributed by atoms with Crippen molar-refractivity contribution in [3.8, 4) is 0 Å². The monoisotopic (exact) mass is 444 g/mol. The average molecular weight is 445 g/mol. The quantitative estimate of drug-likeness (QED) is 0.485. The number of aromatic nitrogens is 3. The van der Waals surface area contributed by atoms with Gasteiger partial charge in [-0.3, -0.25) is 0 Å². The van der Waals surface area contributed by atoms with Gasteiger partial charge in [-0.25, -0.2) is 0 Å². The predicted molar refractivity (Wildman–Crippen MR) is 128 cm³/mol. The van der Waals surface area contributed by atoms with Crippen LogP contribution < -0.4 is 37.6 Å². The van der Waals surface area contributed by atoms with E-state index in [9.17, 15) is 0 Å². The van der Waals surface area contributed by atoms with Gasteiger partial charge in [0.15, 0.2) is 0 Å². The molecule has 1 aromatic heterocycles. The van der Waals surface area contributed by atoms with Crippen molar-refractivity contribution in [1.29, 1.82) is 0 Å². The van der Waals surface area contributed by atoms with Crippen molar-refractivity contribution >= 4 is 17.8 Å². The lowest BCUT2D eigenvalue weighted by atomic mass is 9.75. The van der Waals surface area contributed by atoms with E-state index in [1.807, 2.05) is 0 Å². The fourth-order valence-electron chi connectivity index (χ4n) is 6.23. The van der Waals surface area contributed by atoms with E-state index in [4.69, 9.17) is 37.9 Å². The molecule has 0 amide bonds. The van der Waals surface area contributed by atoms with Crippen LogP contribution in [0.25, 0.3) is 0 Å². The normalized spacial score (nSPS) is 36.2. The number of nitrogens with zero attached hydrogens (tertiary/aromatic N) is 6. The summed E-state index contributed by atoms with van der Waals surface area (Å²) in [6, 6.07) is 0.101. The lowest BCUT2D eigenvalue weighted by molar-refractivity contribution is 0.201. The first-order valence-corrected chi connectivity index (χ1v) is 12.5. The molecule has 0 radical (unpaired) electrons. The Morgan fingerprint density at radius 3 is 1.47 bits per heavy atom. The first-order chi connectivity index (χ1) is 15.4. The first-order valence-electron chi connectivity index (χ1n) is 12.5. The Morgan fingerprint density at radius 2 is 0.969 bits per heavy atom. The molecule has 1 aliphatic carbocycles. The third-order valence-electron chi connectivity index (χ3n) is 7.77. The Bertz CT molecular complexity index is 726. The predicted octanol–water partition coefficient (Wildman–Crippen LogP) is -0.382. The summed E-state index contributed by atoms with van der Waals surface area (Å²) in [5.41, 5.74) is 25.1. The van der Waals surface area contributed by atoms with Crippen LogP contribution in [0, 0.1) is 11.8 Å². The molecule has 8 N–H and O–H groups in total. The van der Waals surface area contributed by atoms with Gasteiger partial charge >= 0.3 is 0 Å². The minimum absolute atomic E-state index is 0.0252. The second-order valence-electron chi connectivity index (χ2n) is 10.6. The molecular formula is C22H40N10. The lowest BCUT2D eigenvalue weighted by Crippen LogP contribution is -2.54. The molecule has 3 aliphatic heterocycles. The molecule has 32 heavy (non-hydrogen) atoms. The molecule has 10 nitrogen and oxygen atoms in total. The SMILES string of the molecule is N[C@@H]1C[C@H](N)CN(c2nc(N3C[C@H](N)C[C@H](N)C3)nc(N3CC[C@H]4CCCC[C@@H]4C3)n2)C1. The number of piperidine rings is 3. The maximum absolute atomic E-state index is 6.28. The standard InChI is InChI=1S/C22H40N10/c23-16-7-17(24)11-31(10-16)21-27-20(30-6-5-14-3-1-2-4-15(14)9-30)28-22(29-21)32-12-18(25)8-19(26)13-32/h14-19H,1-13,23-26H2/t14-,15-,16-,17+,18-,19+/m1/s1. The topological polar surface area (TPSA) is 152 Å². The van der Waals surface area contributed by atoms with Gasteiger partial charge in [0.25, 0.3) is 0 Å². The minimum Gasteiger partial charge on any atom is -0.340 e. The van der Waals surface area contributed by atoms with E-state index in [2.05, 4.69) is 14.7 Å². The van der Waals surface area contributed by atoms with Crippen LogP contribution in [-0.4, -0.2) is 78.4 Å². The van der Waals surface area contributed by atoms with Crippen LogP contribution in [-0.2, 0) is 0 Å². The third-order valence-corrected chi connectivity index (χ3v) is 7.77. The Morgan fingerprint density at radius 1 is 0.531 bits per heavy atom. The summed E-state index contributed by atoms with van der Waals surface area (Å²) in [5, 5.41) is 0. The summed E-state index contributed by atoms with van der Waals surface area (Å²) in [6.07, 6.45) is 8.29. The zero-order chi connectivity index (χ0) is 22.2. The fraction of sp³-hybridized carbons (Fsp3) is 0.864. The summed E-state index contributed by atoms with van der Waals surface area (Å²) in [6.45, 7) is 4.87. The molecule has 6 atom stereocenters. The van der Waals surface area contributed by atoms with Gasteiger partial charge in [-0.05, 0) is 37.5 Å². The fourth-order valence-corrected chi connectivity index (χ4v) is 6.23. The van der Waals surface area contributed by atoms with Crippen LogP contribution in [0.3, 0.4) is 0 Å². The molecule has 0 bridgehead atoms. The number of anilines is 3. The second kappa shape index (κ2) is 9.24. The second-order valence-corrected chi connectivity index (χ2v) is 10.6. The van der Waals surface area contributed by atoms with Gasteiger partial charge in [-0.2, -0.15) is 15.0 Å². The summed E-state index contributed by atoms with van der Waals surface area (Å²) < 4.78 is 0. The number of hydrogen-bond acceptors (Lipinski definition) is 10. The van der Waals surface area contributed by atoms with Crippen LogP contribution in [0.4, 0.5) is 17.8 Å². The van der Waals surface area contributed by atoms with Gasteiger partial charge in [0.05, 0.1) is 0 Å². The third kappa shape index (κ3) is 4.78. The molecule has 0 aromatic carbocycles. The van der Waals surface area contributed by atoms with Crippen LogP contribution in [0.1, 0.15) is 44.9 Å². The summed E-state index contributed by atoms with van der Waals surface area (Å²) >= 11 is 0. The number of hydrogen-bond donors (Lipinski definition) is 4. The average Bonchev–Trinajstić information content (AvgIpc) is 2.77. The number of nitrogens with two attached hydrogens (primary N) is 4. The van der Waals surface area contributed by atoms with Crippen LogP contribution in [0.2, 0.25) is 0 Å². The van der Waals surface area contributed by atoms with Crippen molar-refractivity contribution in [2.75, 3.05) is 54.0 Å². The highest BCUT2D eigenvalue weighted by Crippen LogP contribution is 2.37. The minimum atomic E-state index is 0.0252. The van der Waals surface area contributed by atoms with E-state index in [1.54, 1.807) is 0 Å². The Kier molecular flexibility index (Phi) is 6.37. The largest absolute Gasteiger partial charge is 0.340 e. The molecule has 3 saturated heterocycles. The summed E-state index contributed by atoms with van der Waals surface area (Å²) in [5.74, 6) is 3.73. The molecule has 5 rings (SSSR count). The Balaban J connectivity index is 1.45. The Hall–Kier alpha value is -1.75. The molecule has 10 heteroatoms. The number of fused-ring (bicyclic) bond motifs is 1. The van der Waals surface area contributed by atoms with Crippen molar-refractivity contribution < 1.29 is 0 Å². The first kappa shape index (κ1) is 22.1. The van der Waals surface area contributed by atoms with E-state index < -0.39 is 0 Å². The molecule has 4 fully saturated rings. The van der Waals surface area contributed by atoms with Gasteiger partial charge in [0.1, 0.15) is 0 Å². The van der Waals surface area contributed by atoms with Gasteiger partial charge < -0.3 is 37.6 Å². The number of rotatable bonds is 3. The summed E-state index contributed by atoms with van der Waals surface area (Å²) in [7, 11) is 0. The van der Waals surface area contributed by atoms with E-state index in [0.717, 1.165) is 43.7 Å². The molecule has 0 unspecified atom stereocenters. The molecular weight excluding hydrogens is 404 g/mol. The van der Waals surface area contributed by atoms with Crippen LogP contribution >= 0.6 is 0 Å². The molecule has 4 aliphatic rings. The summed E-state index contributed by atoms with van der Waals surface area (Å²) in [4.78, 5) is 21.4. The highest BCUT2D eigenvalue weighted by molar-refractivity contribution is 5.48. The van der Waals surface area contributed by atoms with E-state index >= 15 is 0 Å². The van der Waals surface area contributed by atoms with Gasteiger partial charge in [-0.1, -0.05) is 19.3 Å². The molecule has 178 valence electrons. The zero-order valence-corrected chi connectivity index (χ0v) is 19.1. The van der Waals surface area contributed by atoms with Crippen molar-refractivity contribution in [1.82, 2.24) is 15.0 Å². The van der Waals surface area contributed by atoms with Gasteiger partial charge in [0.2, 0.25) is 17.8 Å². The molecule has 0 spiro atoms.